The Hall–Kier alpha value is -1.33. The van der Waals surface area contributed by atoms with Gasteiger partial charge >= 0.3 is 0 Å². The van der Waals surface area contributed by atoms with Crippen LogP contribution in [0.1, 0.15) is 31.3 Å². The van der Waals surface area contributed by atoms with Crippen LogP contribution < -0.4 is 5.73 Å². The second-order valence-corrected chi connectivity index (χ2v) is 5.85. The van der Waals surface area contributed by atoms with E-state index < -0.39 is 0 Å². The Morgan fingerprint density at radius 3 is 2.89 bits per heavy atom. The number of amides is 1. The molecular weight excluding hydrogens is 266 g/mol. The number of halogens is 1. The fourth-order valence-corrected chi connectivity index (χ4v) is 2.55. The Morgan fingerprint density at radius 2 is 2.26 bits per heavy atom. The number of nitrogen functional groups attached to an aromatic ring is 1. The predicted octanol–water partition coefficient (Wildman–Crippen LogP) is 1.96. The van der Waals surface area contributed by atoms with Gasteiger partial charge in [-0.25, -0.2) is 4.98 Å². The molecule has 0 radical (unpaired) electrons. The summed E-state index contributed by atoms with van der Waals surface area (Å²) in [5.74, 6) is 0.0776. The Morgan fingerprint density at radius 1 is 1.58 bits per heavy atom. The maximum absolute atomic E-state index is 12.5. The SMILES string of the molecule is CC1CN(C(=O)c2nc(N)ccc2Cl)CC(C)(C)O1. The number of nitrogens with two attached hydrogens (primary N) is 1. The van der Waals surface area contributed by atoms with Gasteiger partial charge in [0, 0.05) is 13.1 Å². The largest absolute Gasteiger partial charge is 0.384 e. The number of morpholine rings is 1. The molecule has 2 heterocycles. The molecule has 0 spiro atoms. The summed E-state index contributed by atoms with van der Waals surface area (Å²) in [5.41, 5.74) is 5.44. The molecule has 1 aliphatic heterocycles. The molecule has 2 rings (SSSR count). The highest BCUT2D eigenvalue weighted by Gasteiger charge is 2.35. The van der Waals surface area contributed by atoms with Crippen LogP contribution in [0.4, 0.5) is 5.82 Å². The van der Waals surface area contributed by atoms with E-state index in [1.807, 2.05) is 20.8 Å². The van der Waals surface area contributed by atoms with E-state index in [1.165, 1.54) is 0 Å². The number of anilines is 1. The molecule has 1 aromatic heterocycles. The fourth-order valence-electron chi connectivity index (χ4n) is 2.37. The molecule has 1 unspecified atom stereocenters. The summed E-state index contributed by atoms with van der Waals surface area (Å²) in [6, 6.07) is 3.16. The van der Waals surface area contributed by atoms with Gasteiger partial charge in [0.2, 0.25) is 0 Å². The molecule has 104 valence electrons. The van der Waals surface area contributed by atoms with E-state index in [1.54, 1.807) is 17.0 Å². The maximum Gasteiger partial charge on any atom is 0.274 e. The zero-order chi connectivity index (χ0) is 14.2. The number of nitrogens with zero attached hydrogens (tertiary/aromatic N) is 2. The molecule has 1 fully saturated rings. The molecule has 0 bridgehead atoms. The number of carbonyl (C=O) groups is 1. The normalized spacial score (nSPS) is 22.3. The Bertz CT molecular complexity index is 505. The third-order valence-corrected chi connectivity index (χ3v) is 3.23. The number of rotatable bonds is 1. The van der Waals surface area contributed by atoms with Gasteiger partial charge in [0.05, 0.1) is 16.7 Å². The quantitative estimate of drug-likeness (QED) is 0.855. The molecular formula is C13H18ClN3O2. The first-order valence-corrected chi connectivity index (χ1v) is 6.55. The van der Waals surface area contributed by atoms with E-state index >= 15 is 0 Å². The molecule has 0 aliphatic carbocycles. The van der Waals surface area contributed by atoms with Gasteiger partial charge in [-0.3, -0.25) is 4.79 Å². The summed E-state index contributed by atoms with van der Waals surface area (Å²) < 4.78 is 5.77. The van der Waals surface area contributed by atoms with E-state index in [9.17, 15) is 4.79 Å². The monoisotopic (exact) mass is 283 g/mol. The molecule has 19 heavy (non-hydrogen) atoms. The highest BCUT2D eigenvalue weighted by molar-refractivity contribution is 6.33. The lowest BCUT2D eigenvalue weighted by molar-refractivity contribution is -0.118. The van der Waals surface area contributed by atoms with E-state index in [4.69, 9.17) is 22.1 Å². The van der Waals surface area contributed by atoms with Crippen LogP contribution in [-0.4, -0.2) is 40.6 Å². The summed E-state index contributed by atoms with van der Waals surface area (Å²) in [5, 5.41) is 0.316. The molecule has 1 atom stereocenters. The number of hydrogen-bond donors (Lipinski definition) is 1. The standard InChI is InChI=1S/C13H18ClN3O2/c1-8-6-17(7-13(2,3)19-8)12(18)11-9(14)4-5-10(15)16-11/h4-5,8H,6-7H2,1-3H3,(H2,15,16). The third-order valence-electron chi connectivity index (χ3n) is 2.93. The van der Waals surface area contributed by atoms with Crippen molar-refractivity contribution in [1.29, 1.82) is 0 Å². The highest BCUT2D eigenvalue weighted by Crippen LogP contribution is 2.24. The van der Waals surface area contributed by atoms with Crippen molar-refractivity contribution in [1.82, 2.24) is 9.88 Å². The van der Waals surface area contributed by atoms with Crippen molar-refractivity contribution in [3.05, 3.63) is 22.8 Å². The van der Waals surface area contributed by atoms with E-state index in [2.05, 4.69) is 4.98 Å². The van der Waals surface area contributed by atoms with E-state index in [0.717, 1.165) is 0 Å². The second-order valence-electron chi connectivity index (χ2n) is 5.44. The van der Waals surface area contributed by atoms with Crippen molar-refractivity contribution in [2.75, 3.05) is 18.8 Å². The van der Waals surface area contributed by atoms with Crippen molar-refractivity contribution in [3.63, 3.8) is 0 Å². The number of hydrogen-bond acceptors (Lipinski definition) is 4. The first-order valence-electron chi connectivity index (χ1n) is 6.17. The van der Waals surface area contributed by atoms with Crippen LogP contribution in [-0.2, 0) is 4.74 Å². The van der Waals surface area contributed by atoms with Gasteiger partial charge in [-0.05, 0) is 32.9 Å². The maximum atomic E-state index is 12.5. The summed E-state index contributed by atoms with van der Waals surface area (Å²) >= 11 is 6.02. The molecule has 0 aromatic carbocycles. The number of pyridine rings is 1. The van der Waals surface area contributed by atoms with Crippen LogP contribution >= 0.6 is 11.6 Å². The van der Waals surface area contributed by atoms with Gasteiger partial charge in [-0.1, -0.05) is 11.6 Å². The summed E-state index contributed by atoms with van der Waals surface area (Å²) in [6.45, 7) is 6.88. The highest BCUT2D eigenvalue weighted by atomic mass is 35.5. The van der Waals surface area contributed by atoms with Crippen molar-refractivity contribution in [2.45, 2.75) is 32.5 Å². The lowest BCUT2D eigenvalue weighted by Gasteiger charge is -2.41. The van der Waals surface area contributed by atoms with Crippen LogP contribution in [0.3, 0.4) is 0 Å². The zero-order valence-corrected chi connectivity index (χ0v) is 12.1. The van der Waals surface area contributed by atoms with Gasteiger partial charge in [0.25, 0.3) is 5.91 Å². The van der Waals surface area contributed by atoms with Crippen molar-refractivity contribution in [2.24, 2.45) is 0 Å². The van der Waals surface area contributed by atoms with Crippen LogP contribution in [0.5, 0.6) is 0 Å². The molecule has 1 aliphatic rings. The van der Waals surface area contributed by atoms with Crippen molar-refractivity contribution >= 4 is 23.3 Å². The molecule has 1 saturated heterocycles. The minimum Gasteiger partial charge on any atom is -0.384 e. The van der Waals surface area contributed by atoms with Gasteiger partial charge in [-0.2, -0.15) is 0 Å². The fraction of sp³-hybridized carbons (Fsp3) is 0.538. The number of ether oxygens (including phenoxy) is 1. The van der Waals surface area contributed by atoms with Gasteiger partial charge < -0.3 is 15.4 Å². The van der Waals surface area contributed by atoms with Crippen molar-refractivity contribution in [3.8, 4) is 0 Å². The van der Waals surface area contributed by atoms with E-state index in [-0.39, 0.29) is 29.1 Å². The number of carbonyl (C=O) groups excluding carboxylic acids is 1. The van der Waals surface area contributed by atoms with Crippen molar-refractivity contribution < 1.29 is 9.53 Å². The van der Waals surface area contributed by atoms with Crippen LogP contribution in [0.25, 0.3) is 0 Å². The third kappa shape index (κ3) is 3.16. The van der Waals surface area contributed by atoms with Gasteiger partial charge in [-0.15, -0.1) is 0 Å². The summed E-state index contributed by atoms with van der Waals surface area (Å²) in [6.07, 6.45) is -0.0208. The zero-order valence-electron chi connectivity index (χ0n) is 11.3. The van der Waals surface area contributed by atoms with Crippen LogP contribution in [0.15, 0.2) is 12.1 Å². The lowest BCUT2D eigenvalue weighted by atomic mass is 10.1. The predicted molar refractivity (Wildman–Crippen MR) is 74.2 cm³/mol. The van der Waals surface area contributed by atoms with Crippen LogP contribution in [0, 0.1) is 0 Å². The van der Waals surface area contributed by atoms with Gasteiger partial charge in [0.1, 0.15) is 11.5 Å². The average molecular weight is 284 g/mol. The Kier molecular flexibility index (Phi) is 3.69. The summed E-state index contributed by atoms with van der Waals surface area (Å²) in [4.78, 5) is 18.2. The topological polar surface area (TPSA) is 68.5 Å². The van der Waals surface area contributed by atoms with E-state index in [0.29, 0.717) is 18.1 Å². The molecule has 0 saturated carbocycles. The first kappa shape index (κ1) is 14.1. The number of aromatic nitrogens is 1. The van der Waals surface area contributed by atoms with Crippen LogP contribution in [0.2, 0.25) is 5.02 Å². The average Bonchev–Trinajstić information content (AvgIpc) is 2.29. The minimum absolute atomic E-state index is 0.0208. The van der Waals surface area contributed by atoms with Gasteiger partial charge in [0.15, 0.2) is 0 Å². The first-order chi connectivity index (χ1) is 8.78. The Labute approximate surface area is 117 Å². The molecule has 5 nitrogen and oxygen atoms in total. The minimum atomic E-state index is -0.375. The molecule has 2 N–H and O–H groups in total. The second kappa shape index (κ2) is 4.98. The molecule has 6 heteroatoms. The smallest absolute Gasteiger partial charge is 0.274 e. The Balaban J connectivity index is 2.26. The molecule has 1 aromatic rings. The molecule has 1 amide bonds. The lowest BCUT2D eigenvalue weighted by Crippen LogP contribution is -2.54. The summed E-state index contributed by atoms with van der Waals surface area (Å²) in [7, 11) is 0.